The molecular formula is C13H16O5. The number of hydrogen-bond acceptors (Lipinski definition) is 4. The lowest BCUT2D eigenvalue weighted by Gasteiger charge is -2.16. The molecule has 1 aliphatic rings. The van der Waals surface area contributed by atoms with Crippen LogP contribution >= 0.6 is 0 Å². The lowest BCUT2D eigenvalue weighted by molar-refractivity contribution is 0.0695. The number of aliphatic hydroxyl groups is 1. The Labute approximate surface area is 105 Å². The SMILES string of the molecule is COc1ccc(C(=O)O)cc1O[C@@H]1CC[C@@H](O)C1. The molecule has 0 spiro atoms. The van der Waals surface area contributed by atoms with Gasteiger partial charge >= 0.3 is 5.97 Å². The smallest absolute Gasteiger partial charge is 0.335 e. The molecule has 0 saturated heterocycles. The average Bonchev–Trinajstić information content (AvgIpc) is 2.74. The van der Waals surface area contributed by atoms with E-state index in [1.165, 1.54) is 19.2 Å². The molecule has 2 N–H and O–H groups in total. The molecule has 1 aromatic rings. The Hall–Kier alpha value is -1.75. The number of aromatic carboxylic acids is 1. The molecule has 18 heavy (non-hydrogen) atoms. The topological polar surface area (TPSA) is 76.0 Å². The number of rotatable bonds is 4. The fraction of sp³-hybridized carbons (Fsp3) is 0.462. The van der Waals surface area contributed by atoms with Gasteiger partial charge in [-0.2, -0.15) is 0 Å². The van der Waals surface area contributed by atoms with Gasteiger partial charge in [-0.25, -0.2) is 4.79 Å². The molecule has 2 atom stereocenters. The molecule has 0 bridgehead atoms. The molecule has 5 nitrogen and oxygen atoms in total. The van der Waals surface area contributed by atoms with E-state index in [2.05, 4.69) is 0 Å². The molecule has 0 radical (unpaired) electrons. The van der Waals surface area contributed by atoms with E-state index in [4.69, 9.17) is 14.6 Å². The Bertz CT molecular complexity index is 443. The number of methoxy groups -OCH3 is 1. The Morgan fingerprint density at radius 2 is 2.11 bits per heavy atom. The van der Waals surface area contributed by atoms with Crippen molar-refractivity contribution in [2.24, 2.45) is 0 Å². The Morgan fingerprint density at radius 3 is 2.67 bits per heavy atom. The average molecular weight is 252 g/mol. The number of benzene rings is 1. The first-order valence-corrected chi connectivity index (χ1v) is 5.86. The van der Waals surface area contributed by atoms with Crippen LogP contribution in [-0.4, -0.2) is 35.5 Å². The quantitative estimate of drug-likeness (QED) is 0.852. The van der Waals surface area contributed by atoms with Crippen LogP contribution in [0.15, 0.2) is 18.2 Å². The van der Waals surface area contributed by atoms with Crippen molar-refractivity contribution in [3.05, 3.63) is 23.8 Å². The third-order valence-corrected chi connectivity index (χ3v) is 3.06. The summed E-state index contributed by atoms with van der Waals surface area (Å²) in [5, 5.41) is 18.4. The molecule has 0 aliphatic heterocycles. The maximum absolute atomic E-state index is 10.9. The fourth-order valence-electron chi connectivity index (χ4n) is 2.11. The van der Waals surface area contributed by atoms with E-state index in [0.717, 1.165) is 6.42 Å². The minimum Gasteiger partial charge on any atom is -0.493 e. The van der Waals surface area contributed by atoms with Crippen LogP contribution in [0, 0.1) is 0 Å². The van der Waals surface area contributed by atoms with Crippen LogP contribution in [-0.2, 0) is 0 Å². The zero-order valence-electron chi connectivity index (χ0n) is 10.1. The van der Waals surface area contributed by atoms with E-state index in [-0.39, 0.29) is 17.8 Å². The maximum Gasteiger partial charge on any atom is 0.335 e. The zero-order valence-corrected chi connectivity index (χ0v) is 10.1. The van der Waals surface area contributed by atoms with Crippen molar-refractivity contribution in [1.29, 1.82) is 0 Å². The van der Waals surface area contributed by atoms with Crippen molar-refractivity contribution in [3.63, 3.8) is 0 Å². The van der Waals surface area contributed by atoms with Crippen LogP contribution in [0.4, 0.5) is 0 Å². The van der Waals surface area contributed by atoms with E-state index in [0.29, 0.717) is 24.3 Å². The van der Waals surface area contributed by atoms with Crippen LogP contribution in [0.25, 0.3) is 0 Å². The monoisotopic (exact) mass is 252 g/mol. The minimum atomic E-state index is -1.01. The van der Waals surface area contributed by atoms with E-state index >= 15 is 0 Å². The van der Waals surface area contributed by atoms with Gasteiger partial charge in [0.05, 0.1) is 18.8 Å². The Morgan fingerprint density at radius 1 is 1.33 bits per heavy atom. The summed E-state index contributed by atoms with van der Waals surface area (Å²) in [4.78, 5) is 10.9. The largest absolute Gasteiger partial charge is 0.493 e. The van der Waals surface area contributed by atoms with E-state index < -0.39 is 5.97 Å². The third kappa shape index (κ3) is 2.73. The number of carboxylic acids is 1. The van der Waals surface area contributed by atoms with E-state index in [9.17, 15) is 9.90 Å². The summed E-state index contributed by atoms with van der Waals surface area (Å²) < 4.78 is 10.8. The van der Waals surface area contributed by atoms with E-state index in [1.807, 2.05) is 0 Å². The molecule has 1 fully saturated rings. The van der Waals surface area contributed by atoms with Crippen molar-refractivity contribution in [1.82, 2.24) is 0 Å². The highest BCUT2D eigenvalue weighted by Gasteiger charge is 2.25. The second-order valence-electron chi connectivity index (χ2n) is 4.38. The lowest BCUT2D eigenvalue weighted by Crippen LogP contribution is -2.14. The molecule has 5 heteroatoms. The van der Waals surface area contributed by atoms with Gasteiger partial charge in [-0.1, -0.05) is 0 Å². The molecular weight excluding hydrogens is 236 g/mol. The second-order valence-corrected chi connectivity index (χ2v) is 4.38. The molecule has 1 saturated carbocycles. The van der Waals surface area contributed by atoms with Crippen LogP contribution in [0.5, 0.6) is 11.5 Å². The lowest BCUT2D eigenvalue weighted by atomic mass is 10.2. The highest BCUT2D eigenvalue weighted by Crippen LogP contribution is 2.32. The van der Waals surface area contributed by atoms with Gasteiger partial charge in [0, 0.05) is 6.42 Å². The van der Waals surface area contributed by atoms with Gasteiger partial charge in [-0.15, -0.1) is 0 Å². The number of carbonyl (C=O) groups is 1. The fourth-order valence-corrected chi connectivity index (χ4v) is 2.11. The van der Waals surface area contributed by atoms with Gasteiger partial charge in [-0.05, 0) is 31.0 Å². The van der Waals surface area contributed by atoms with Gasteiger partial charge in [0.15, 0.2) is 11.5 Å². The number of hydrogen-bond donors (Lipinski definition) is 2. The summed E-state index contributed by atoms with van der Waals surface area (Å²) in [6, 6.07) is 4.49. The Kier molecular flexibility index (Phi) is 3.72. The van der Waals surface area contributed by atoms with Crippen molar-refractivity contribution in [2.45, 2.75) is 31.5 Å². The number of aliphatic hydroxyl groups excluding tert-OH is 1. The van der Waals surface area contributed by atoms with Crippen LogP contribution in [0.3, 0.4) is 0 Å². The standard InChI is InChI=1S/C13H16O5/c1-17-11-5-2-8(13(15)16)6-12(11)18-10-4-3-9(14)7-10/h2,5-6,9-10,14H,3-4,7H2,1H3,(H,15,16)/t9-,10-/m1/s1. The van der Waals surface area contributed by atoms with E-state index in [1.54, 1.807) is 6.07 Å². The summed E-state index contributed by atoms with van der Waals surface area (Å²) in [5.41, 5.74) is 0.157. The van der Waals surface area contributed by atoms with Gasteiger partial charge in [0.1, 0.15) is 6.10 Å². The minimum absolute atomic E-state index is 0.0852. The van der Waals surface area contributed by atoms with Crippen molar-refractivity contribution in [2.75, 3.05) is 7.11 Å². The maximum atomic E-state index is 10.9. The molecule has 1 aromatic carbocycles. The first-order valence-electron chi connectivity index (χ1n) is 5.86. The first kappa shape index (κ1) is 12.7. The van der Waals surface area contributed by atoms with Crippen LogP contribution < -0.4 is 9.47 Å². The number of ether oxygens (including phenoxy) is 2. The van der Waals surface area contributed by atoms with Crippen molar-refractivity contribution < 1.29 is 24.5 Å². The molecule has 1 aliphatic carbocycles. The molecule has 0 amide bonds. The van der Waals surface area contributed by atoms with Crippen molar-refractivity contribution >= 4 is 5.97 Å². The summed E-state index contributed by atoms with van der Waals surface area (Å²) >= 11 is 0. The Balaban J connectivity index is 2.18. The van der Waals surface area contributed by atoms with Gasteiger partial charge < -0.3 is 19.7 Å². The highest BCUT2D eigenvalue weighted by atomic mass is 16.5. The third-order valence-electron chi connectivity index (χ3n) is 3.06. The molecule has 0 heterocycles. The molecule has 0 unspecified atom stereocenters. The van der Waals surface area contributed by atoms with Crippen LogP contribution in [0.1, 0.15) is 29.6 Å². The highest BCUT2D eigenvalue weighted by molar-refractivity contribution is 5.88. The van der Waals surface area contributed by atoms with Crippen molar-refractivity contribution in [3.8, 4) is 11.5 Å². The molecule has 2 rings (SSSR count). The summed E-state index contributed by atoms with van der Waals surface area (Å²) in [7, 11) is 1.51. The predicted molar refractivity (Wildman–Crippen MR) is 64.2 cm³/mol. The predicted octanol–water partition coefficient (Wildman–Crippen LogP) is 1.69. The van der Waals surface area contributed by atoms with Gasteiger partial charge in [0.25, 0.3) is 0 Å². The summed E-state index contributed by atoms with van der Waals surface area (Å²) in [5.74, 6) is -0.0909. The zero-order chi connectivity index (χ0) is 13.1. The second kappa shape index (κ2) is 5.27. The van der Waals surface area contributed by atoms with Gasteiger partial charge in [0.2, 0.25) is 0 Å². The number of carboxylic acid groups (broad SMARTS) is 1. The molecule has 98 valence electrons. The van der Waals surface area contributed by atoms with Crippen LogP contribution in [0.2, 0.25) is 0 Å². The summed E-state index contributed by atoms with van der Waals surface area (Å²) in [6.07, 6.45) is 1.63. The van der Waals surface area contributed by atoms with Gasteiger partial charge in [-0.3, -0.25) is 0 Å². The first-order chi connectivity index (χ1) is 8.60. The normalized spacial score (nSPS) is 22.8. The molecule has 0 aromatic heterocycles. The summed E-state index contributed by atoms with van der Waals surface area (Å²) in [6.45, 7) is 0.